The van der Waals surface area contributed by atoms with Crippen LogP contribution in [0.25, 0.3) is 11.1 Å². The largest absolute Gasteiger partial charge is 0.481 e. The lowest BCUT2D eigenvalue weighted by atomic mass is 9.91. The lowest BCUT2D eigenvalue weighted by Gasteiger charge is -2.12. The van der Waals surface area contributed by atoms with Crippen molar-refractivity contribution in [2.45, 2.75) is 33.6 Å². The first kappa shape index (κ1) is 22.8. The van der Waals surface area contributed by atoms with Crippen molar-refractivity contribution in [3.8, 4) is 11.1 Å². The van der Waals surface area contributed by atoms with Crippen LogP contribution in [0.4, 0.5) is 0 Å². The summed E-state index contributed by atoms with van der Waals surface area (Å²) in [5.41, 5.74) is 3.27. The zero-order chi connectivity index (χ0) is 19.6. The topological polar surface area (TPSA) is 54.4 Å². The summed E-state index contributed by atoms with van der Waals surface area (Å²) in [6.45, 7) is 4.00. The minimum atomic E-state index is -0.986. The van der Waals surface area contributed by atoms with Gasteiger partial charge in [0.2, 0.25) is 0 Å². The third-order valence-electron chi connectivity index (χ3n) is 4.20. The molecule has 3 nitrogen and oxygen atoms in total. The summed E-state index contributed by atoms with van der Waals surface area (Å²) >= 11 is 0. The molecule has 3 aromatic carbocycles. The molecule has 0 saturated carbocycles. The fourth-order valence-electron chi connectivity index (χ4n) is 2.82. The highest BCUT2D eigenvalue weighted by Gasteiger charge is 2.23. The molecule has 0 amide bonds. The van der Waals surface area contributed by atoms with Gasteiger partial charge in [0.1, 0.15) is 0 Å². The van der Waals surface area contributed by atoms with Crippen molar-refractivity contribution in [1.82, 2.24) is 0 Å². The van der Waals surface area contributed by atoms with Crippen LogP contribution in [0.2, 0.25) is 0 Å². The third kappa shape index (κ3) is 5.92. The Kier molecular flexibility index (Phi) is 9.38. The Balaban J connectivity index is 0.00000127. The van der Waals surface area contributed by atoms with Crippen LogP contribution < -0.4 is 0 Å². The number of hydrogen-bond acceptors (Lipinski definition) is 2. The number of rotatable bonds is 6. The number of Topliss-reactive ketones (excluding diaryl/α,β-unsaturated/α-hetero) is 1. The van der Waals surface area contributed by atoms with Gasteiger partial charge in [0.05, 0.1) is 5.92 Å². The van der Waals surface area contributed by atoms with Crippen molar-refractivity contribution in [1.29, 1.82) is 0 Å². The highest BCUT2D eigenvalue weighted by Crippen LogP contribution is 2.24. The van der Waals surface area contributed by atoms with Gasteiger partial charge in [-0.3, -0.25) is 9.59 Å². The minimum absolute atomic E-state index is 0. The van der Waals surface area contributed by atoms with E-state index in [4.69, 9.17) is 0 Å². The Labute approximate surface area is 167 Å². The molecule has 1 N–H and O–H groups in total. The van der Waals surface area contributed by atoms with Gasteiger partial charge < -0.3 is 5.11 Å². The van der Waals surface area contributed by atoms with E-state index in [1.165, 1.54) is 0 Å². The van der Waals surface area contributed by atoms with Crippen molar-refractivity contribution in [3.63, 3.8) is 0 Å². The molecular formula is C25H28O3. The summed E-state index contributed by atoms with van der Waals surface area (Å²) in [5, 5.41) is 9.46. The van der Waals surface area contributed by atoms with Crippen LogP contribution in [-0.4, -0.2) is 16.9 Å². The highest BCUT2D eigenvalue weighted by molar-refractivity contribution is 5.99. The smallest absolute Gasteiger partial charge is 0.311 e. The highest BCUT2D eigenvalue weighted by atomic mass is 16.4. The Morgan fingerprint density at radius 3 is 1.71 bits per heavy atom. The Morgan fingerprint density at radius 2 is 1.21 bits per heavy atom. The molecule has 3 heteroatoms. The summed E-state index contributed by atoms with van der Waals surface area (Å²) < 4.78 is 0. The maximum absolute atomic E-state index is 12.5. The van der Waals surface area contributed by atoms with Gasteiger partial charge in [-0.25, -0.2) is 0 Å². The lowest BCUT2D eigenvalue weighted by molar-refractivity contribution is -0.138. The lowest BCUT2D eigenvalue weighted by Crippen LogP contribution is -2.16. The van der Waals surface area contributed by atoms with Gasteiger partial charge in [-0.05, 0) is 16.7 Å². The van der Waals surface area contributed by atoms with E-state index in [-0.39, 0.29) is 19.6 Å². The molecule has 0 aliphatic heterocycles. The molecule has 0 bridgehead atoms. The normalized spacial score (nSPS) is 10.6. The standard InChI is InChI=1S/C22H18O3.C2H6.CH4/c23-21(15-20(22(24)25)18-9-5-2-6-10-18)19-13-11-17(12-14-19)16-7-3-1-4-8-16;1-2;/h1-14,20H,15H2,(H,24,25);1-2H3;1H4. The van der Waals surface area contributed by atoms with Crippen molar-refractivity contribution < 1.29 is 14.7 Å². The van der Waals surface area contributed by atoms with Crippen LogP contribution in [0, 0.1) is 0 Å². The van der Waals surface area contributed by atoms with Crippen molar-refractivity contribution in [2.75, 3.05) is 0 Å². The van der Waals surface area contributed by atoms with E-state index < -0.39 is 11.9 Å². The molecule has 1 unspecified atom stereocenters. The zero-order valence-corrected chi connectivity index (χ0v) is 15.6. The predicted molar refractivity (Wildman–Crippen MR) is 116 cm³/mol. The van der Waals surface area contributed by atoms with Gasteiger partial charge in [0.25, 0.3) is 0 Å². The molecule has 0 fully saturated rings. The fourth-order valence-corrected chi connectivity index (χ4v) is 2.82. The first-order valence-corrected chi connectivity index (χ1v) is 9.11. The van der Waals surface area contributed by atoms with Crippen molar-refractivity contribution in [3.05, 3.63) is 96.1 Å². The number of carbonyl (C=O) groups excluding carboxylic acids is 1. The fraction of sp³-hybridized carbons (Fsp3) is 0.200. The summed E-state index contributed by atoms with van der Waals surface area (Å²) in [6.07, 6.45) is -0.0516. The van der Waals surface area contributed by atoms with Gasteiger partial charge >= 0.3 is 5.97 Å². The molecule has 0 aliphatic carbocycles. The van der Waals surface area contributed by atoms with E-state index in [0.29, 0.717) is 11.1 Å². The van der Waals surface area contributed by atoms with E-state index >= 15 is 0 Å². The molecular weight excluding hydrogens is 348 g/mol. The summed E-state index contributed by atoms with van der Waals surface area (Å²) in [7, 11) is 0. The van der Waals surface area contributed by atoms with Crippen LogP contribution in [0.5, 0.6) is 0 Å². The molecule has 3 aromatic rings. The van der Waals surface area contributed by atoms with Gasteiger partial charge in [-0.15, -0.1) is 0 Å². The second-order valence-electron chi connectivity index (χ2n) is 5.87. The van der Waals surface area contributed by atoms with Crippen LogP contribution in [0.1, 0.15) is 49.5 Å². The average Bonchev–Trinajstić information content (AvgIpc) is 2.74. The van der Waals surface area contributed by atoms with Crippen molar-refractivity contribution in [2.24, 2.45) is 0 Å². The van der Waals surface area contributed by atoms with E-state index in [2.05, 4.69) is 0 Å². The number of carboxylic acid groups (broad SMARTS) is 1. The number of hydrogen-bond donors (Lipinski definition) is 1. The summed E-state index contributed by atoms with van der Waals surface area (Å²) in [4.78, 5) is 24.1. The van der Waals surface area contributed by atoms with E-state index in [1.54, 1.807) is 36.4 Å². The quantitative estimate of drug-likeness (QED) is 0.502. The molecule has 28 heavy (non-hydrogen) atoms. The zero-order valence-electron chi connectivity index (χ0n) is 15.6. The van der Waals surface area contributed by atoms with Crippen LogP contribution in [0.15, 0.2) is 84.9 Å². The Bertz CT molecular complexity index is 853. The van der Waals surface area contributed by atoms with Crippen molar-refractivity contribution >= 4 is 11.8 Å². The molecule has 0 saturated heterocycles. The molecule has 0 aliphatic rings. The molecule has 0 heterocycles. The number of benzene rings is 3. The molecule has 146 valence electrons. The van der Waals surface area contributed by atoms with Crippen LogP contribution >= 0.6 is 0 Å². The third-order valence-corrected chi connectivity index (χ3v) is 4.20. The number of aliphatic carboxylic acids is 1. The van der Waals surface area contributed by atoms with Crippen LogP contribution in [-0.2, 0) is 4.79 Å². The molecule has 0 aromatic heterocycles. The molecule has 0 spiro atoms. The SMILES string of the molecule is C.CC.O=C(CC(C(=O)O)c1ccccc1)c1ccc(-c2ccccc2)cc1. The molecule has 0 radical (unpaired) electrons. The van der Waals surface area contributed by atoms with Crippen LogP contribution in [0.3, 0.4) is 0 Å². The van der Waals surface area contributed by atoms with E-state index in [1.807, 2.05) is 62.4 Å². The Hall–Kier alpha value is -3.20. The minimum Gasteiger partial charge on any atom is -0.481 e. The second-order valence-corrected chi connectivity index (χ2v) is 5.87. The number of ketones is 1. The predicted octanol–water partition coefficient (Wildman–Crippen LogP) is 6.46. The second kappa shape index (κ2) is 11.5. The van der Waals surface area contributed by atoms with Gasteiger partial charge in [0, 0.05) is 12.0 Å². The first-order valence-electron chi connectivity index (χ1n) is 9.11. The van der Waals surface area contributed by atoms with E-state index in [9.17, 15) is 14.7 Å². The van der Waals surface area contributed by atoms with Gasteiger partial charge in [-0.2, -0.15) is 0 Å². The average molecular weight is 376 g/mol. The number of carbonyl (C=O) groups is 2. The first-order chi connectivity index (χ1) is 13.1. The van der Waals surface area contributed by atoms with Gasteiger partial charge in [0.15, 0.2) is 5.78 Å². The molecule has 1 atom stereocenters. The summed E-state index contributed by atoms with van der Waals surface area (Å²) in [6, 6.07) is 26.1. The maximum Gasteiger partial charge on any atom is 0.311 e. The summed E-state index contributed by atoms with van der Waals surface area (Å²) in [5.74, 6) is -1.99. The Morgan fingerprint density at radius 1 is 0.750 bits per heavy atom. The van der Waals surface area contributed by atoms with Gasteiger partial charge in [-0.1, -0.05) is 106 Å². The number of carboxylic acids is 1. The monoisotopic (exact) mass is 376 g/mol. The molecule has 3 rings (SSSR count). The maximum atomic E-state index is 12.5. The van der Waals surface area contributed by atoms with E-state index in [0.717, 1.165) is 11.1 Å².